The molecule has 0 N–H and O–H groups in total. The lowest BCUT2D eigenvalue weighted by Gasteiger charge is -2.24. The molecule has 11 rings (SSSR count). The van der Waals surface area contributed by atoms with Crippen LogP contribution < -0.4 is 0 Å². The first-order valence-corrected chi connectivity index (χ1v) is 17.3. The molecule has 0 bridgehead atoms. The summed E-state index contributed by atoms with van der Waals surface area (Å²) in [5.74, 6) is 0.846. The van der Waals surface area contributed by atoms with E-state index in [-0.39, 0.29) is 5.41 Å². The summed E-state index contributed by atoms with van der Waals surface area (Å²) in [6, 6.07) is 55.0. The van der Waals surface area contributed by atoms with Crippen LogP contribution in [-0.4, -0.2) is 14.5 Å². The summed E-state index contributed by atoms with van der Waals surface area (Å²) in [7, 11) is 0. The van der Waals surface area contributed by atoms with Crippen LogP contribution in [0.3, 0.4) is 0 Å². The van der Waals surface area contributed by atoms with Crippen LogP contribution in [0.5, 0.6) is 0 Å². The summed E-state index contributed by atoms with van der Waals surface area (Å²) in [4.78, 5) is 11.2. The van der Waals surface area contributed by atoms with Crippen molar-refractivity contribution in [1.82, 2.24) is 14.5 Å². The zero-order chi connectivity index (χ0) is 33.1. The Balaban J connectivity index is 1.35. The summed E-state index contributed by atoms with van der Waals surface area (Å²) in [5.41, 5.74) is 11.1. The first-order chi connectivity index (χ1) is 24.5. The maximum Gasteiger partial charge on any atom is 0.165 e. The maximum atomic E-state index is 5.63. The lowest BCUT2D eigenvalue weighted by Crippen LogP contribution is -2.17. The fraction of sp³-hybridized carbons (Fsp3) is 0.0638. The predicted molar refractivity (Wildman–Crippen MR) is 209 cm³/mol. The van der Waals surface area contributed by atoms with Gasteiger partial charge >= 0.3 is 0 Å². The van der Waals surface area contributed by atoms with E-state index in [0.717, 1.165) is 44.4 Å². The zero-order valence-corrected chi connectivity index (χ0v) is 27.8. The number of rotatable bonds is 2. The average Bonchev–Trinajstić information content (AvgIpc) is 3.60. The molecule has 0 unspecified atom stereocenters. The van der Waals surface area contributed by atoms with E-state index in [2.05, 4.69) is 170 Å². The van der Waals surface area contributed by atoms with Gasteiger partial charge in [-0.25, -0.2) is 9.97 Å². The zero-order valence-electron chi connectivity index (χ0n) is 27.8. The predicted octanol–water partition coefficient (Wildman–Crippen LogP) is 12.2. The quantitative estimate of drug-likeness (QED) is 0.177. The fourth-order valence-electron chi connectivity index (χ4n) is 8.73. The second-order valence-electron chi connectivity index (χ2n) is 14.2. The third kappa shape index (κ3) is 3.69. The molecule has 3 nitrogen and oxygen atoms in total. The molecule has 2 heterocycles. The second-order valence-corrected chi connectivity index (χ2v) is 14.2. The molecule has 0 aliphatic heterocycles. The highest BCUT2D eigenvalue weighted by Gasteiger charge is 2.39. The van der Waals surface area contributed by atoms with E-state index in [1.54, 1.807) is 0 Å². The number of nitrogens with zero attached hydrogens (tertiary/aromatic N) is 3. The molecule has 0 amide bonds. The Bertz CT molecular complexity index is 3070. The van der Waals surface area contributed by atoms with Gasteiger partial charge in [0, 0.05) is 27.1 Å². The van der Waals surface area contributed by atoms with E-state index in [4.69, 9.17) is 9.97 Å². The van der Waals surface area contributed by atoms with Crippen LogP contribution in [0, 0.1) is 0 Å². The van der Waals surface area contributed by atoms with Gasteiger partial charge in [-0.05, 0) is 73.5 Å². The van der Waals surface area contributed by atoms with Crippen molar-refractivity contribution in [3.63, 3.8) is 0 Å². The third-order valence-electron chi connectivity index (χ3n) is 11.1. The van der Waals surface area contributed by atoms with Gasteiger partial charge in [0.15, 0.2) is 5.82 Å². The van der Waals surface area contributed by atoms with Crippen LogP contribution >= 0.6 is 0 Å². The number of hydrogen-bond acceptors (Lipinski definition) is 2. The Morgan fingerprint density at radius 3 is 2.02 bits per heavy atom. The van der Waals surface area contributed by atoms with Gasteiger partial charge in [0.2, 0.25) is 0 Å². The molecular formula is C47H31N3. The van der Waals surface area contributed by atoms with Crippen molar-refractivity contribution in [2.45, 2.75) is 19.3 Å². The summed E-state index contributed by atoms with van der Waals surface area (Å²) >= 11 is 0. The Morgan fingerprint density at radius 1 is 0.500 bits per heavy atom. The van der Waals surface area contributed by atoms with E-state index in [9.17, 15) is 0 Å². The smallest absolute Gasteiger partial charge is 0.165 e. The second kappa shape index (κ2) is 9.87. The topological polar surface area (TPSA) is 30.7 Å². The van der Waals surface area contributed by atoms with Crippen molar-refractivity contribution in [1.29, 1.82) is 0 Å². The van der Waals surface area contributed by atoms with E-state index < -0.39 is 0 Å². The van der Waals surface area contributed by atoms with E-state index in [0.29, 0.717) is 0 Å². The van der Waals surface area contributed by atoms with Crippen molar-refractivity contribution in [3.8, 4) is 28.2 Å². The lowest BCUT2D eigenvalue weighted by molar-refractivity contribution is 0.663. The summed E-state index contributed by atoms with van der Waals surface area (Å²) in [6.45, 7) is 4.75. The summed E-state index contributed by atoms with van der Waals surface area (Å²) in [6.07, 6.45) is 0. The summed E-state index contributed by atoms with van der Waals surface area (Å²) in [5, 5.41) is 9.54. The molecule has 0 saturated heterocycles. The van der Waals surface area contributed by atoms with E-state index in [1.807, 2.05) is 0 Å². The highest BCUT2D eigenvalue weighted by atomic mass is 15.1. The molecule has 50 heavy (non-hydrogen) atoms. The minimum atomic E-state index is -0.222. The molecule has 0 radical (unpaired) electrons. The third-order valence-corrected chi connectivity index (χ3v) is 11.1. The average molecular weight is 638 g/mol. The molecule has 1 aliphatic rings. The van der Waals surface area contributed by atoms with Gasteiger partial charge in [-0.3, -0.25) is 4.57 Å². The first kappa shape index (κ1) is 27.6. The van der Waals surface area contributed by atoms with E-state index >= 15 is 0 Å². The monoisotopic (exact) mass is 637 g/mol. The molecule has 10 aromatic rings. The maximum absolute atomic E-state index is 5.63. The van der Waals surface area contributed by atoms with Gasteiger partial charge in [-0.1, -0.05) is 141 Å². The van der Waals surface area contributed by atoms with Crippen LogP contribution in [0.1, 0.15) is 25.0 Å². The van der Waals surface area contributed by atoms with E-state index in [1.165, 1.54) is 60.1 Å². The van der Waals surface area contributed by atoms with Crippen LogP contribution in [0.2, 0.25) is 0 Å². The minimum absolute atomic E-state index is 0.222. The molecule has 0 spiro atoms. The molecule has 2 aromatic heterocycles. The fourth-order valence-corrected chi connectivity index (χ4v) is 8.73. The molecule has 1 aliphatic carbocycles. The van der Waals surface area contributed by atoms with Crippen molar-refractivity contribution in [2.24, 2.45) is 0 Å². The number of fused-ring (bicyclic) bond motifs is 12. The van der Waals surface area contributed by atoms with Crippen molar-refractivity contribution in [3.05, 3.63) is 163 Å². The number of hydrogen-bond donors (Lipinski definition) is 0. The van der Waals surface area contributed by atoms with Gasteiger partial charge in [0.1, 0.15) is 5.69 Å². The van der Waals surface area contributed by atoms with Crippen LogP contribution in [0.25, 0.3) is 93.4 Å². The summed E-state index contributed by atoms with van der Waals surface area (Å²) < 4.78 is 2.44. The Hall–Kier alpha value is -6.32. The highest BCUT2D eigenvalue weighted by Crippen LogP contribution is 2.53. The van der Waals surface area contributed by atoms with Gasteiger partial charge in [-0.2, -0.15) is 0 Å². The van der Waals surface area contributed by atoms with Gasteiger partial charge in [0.25, 0.3) is 0 Å². The minimum Gasteiger partial charge on any atom is -0.292 e. The lowest BCUT2D eigenvalue weighted by atomic mass is 9.81. The van der Waals surface area contributed by atoms with Gasteiger partial charge < -0.3 is 0 Å². The Morgan fingerprint density at radius 2 is 1.18 bits per heavy atom. The molecule has 0 saturated carbocycles. The molecule has 234 valence electrons. The van der Waals surface area contributed by atoms with Gasteiger partial charge in [0.05, 0.1) is 22.1 Å². The molecule has 0 fully saturated rings. The molecule has 3 heteroatoms. The molecular weight excluding hydrogens is 607 g/mol. The van der Waals surface area contributed by atoms with Crippen LogP contribution in [-0.2, 0) is 5.41 Å². The van der Waals surface area contributed by atoms with Crippen LogP contribution in [0.4, 0.5) is 0 Å². The van der Waals surface area contributed by atoms with Crippen molar-refractivity contribution < 1.29 is 0 Å². The normalized spacial score (nSPS) is 13.6. The molecule has 8 aromatic carbocycles. The number of aromatic nitrogens is 3. The standard InChI is InChI=1S/C47H31N3/c1-47(2)39-18-10-9-17-35(39)36-22-23-37-38-26-31-14-5-6-15-32(31)27-41(38)50(45(37)42(36)47)46-43(33-20-19-28-11-3-4-13-30(28)25-33)49-44-34-16-8-7-12-29(34)21-24-40(44)48-46/h3-27H,1-2H3. The SMILES string of the molecule is CC1(C)c2ccccc2-c2ccc3c4cc5ccccc5cc4n(-c4nc5ccc6ccccc6c5nc4-c4ccc5ccccc5c4)c3c21. The first-order valence-electron chi connectivity index (χ1n) is 17.3. The van der Waals surface area contributed by atoms with Crippen molar-refractivity contribution in [2.75, 3.05) is 0 Å². The highest BCUT2D eigenvalue weighted by molar-refractivity contribution is 6.17. The number of benzene rings is 8. The largest absolute Gasteiger partial charge is 0.292 e. The Labute approximate surface area is 289 Å². The van der Waals surface area contributed by atoms with Gasteiger partial charge in [-0.15, -0.1) is 0 Å². The van der Waals surface area contributed by atoms with Crippen LogP contribution in [0.15, 0.2) is 152 Å². The molecule has 0 atom stereocenters. The van der Waals surface area contributed by atoms with Crippen molar-refractivity contribution >= 4 is 65.2 Å². The Kier molecular flexibility index (Phi) is 5.45.